The Kier molecular flexibility index (Phi) is 3.46. The molecule has 5 nitrogen and oxygen atoms in total. The summed E-state index contributed by atoms with van der Waals surface area (Å²) in [4.78, 5) is 3.82. The quantitative estimate of drug-likeness (QED) is 0.900. The third kappa shape index (κ3) is 2.66. The molecule has 1 heterocycles. The van der Waals surface area contributed by atoms with E-state index in [2.05, 4.69) is 25.6 Å². The lowest BCUT2D eigenvalue weighted by Crippen LogP contribution is -2.29. The second-order valence-corrected chi connectivity index (χ2v) is 5.48. The fourth-order valence-corrected chi connectivity index (χ4v) is 1.81. The fraction of sp³-hybridized carbons (Fsp3) is 0.286. The lowest BCUT2D eigenvalue weighted by molar-refractivity contribution is 0.527. The van der Waals surface area contributed by atoms with Gasteiger partial charge in [0.2, 0.25) is 0 Å². The Balaban J connectivity index is 2.96. The highest BCUT2D eigenvalue weighted by molar-refractivity contribution is 9.10. The average Bonchev–Trinajstić information content (AvgIpc) is 2.08. The van der Waals surface area contributed by atoms with Crippen molar-refractivity contribution in [3.05, 3.63) is 22.9 Å². The van der Waals surface area contributed by atoms with E-state index in [1.807, 2.05) is 0 Å². The SMILES string of the molecule is CN(C)S(=O)(=O)Nc1ccncc1Br. The third-order valence-corrected chi connectivity index (χ3v) is 3.56. The molecule has 0 unspecified atom stereocenters. The van der Waals surface area contributed by atoms with Gasteiger partial charge in [0.25, 0.3) is 0 Å². The Hall–Kier alpha value is -0.660. The zero-order valence-electron chi connectivity index (χ0n) is 7.73. The van der Waals surface area contributed by atoms with Crippen molar-refractivity contribution in [3.8, 4) is 0 Å². The maximum Gasteiger partial charge on any atom is 0.301 e. The molecule has 0 aliphatic heterocycles. The van der Waals surface area contributed by atoms with E-state index >= 15 is 0 Å². The first-order chi connectivity index (χ1) is 6.43. The van der Waals surface area contributed by atoms with Crippen molar-refractivity contribution in [1.29, 1.82) is 0 Å². The van der Waals surface area contributed by atoms with Crippen LogP contribution in [-0.2, 0) is 10.2 Å². The molecule has 0 bridgehead atoms. The number of anilines is 1. The van der Waals surface area contributed by atoms with Crippen LogP contribution in [-0.4, -0.2) is 31.8 Å². The van der Waals surface area contributed by atoms with Crippen molar-refractivity contribution in [2.24, 2.45) is 0 Å². The van der Waals surface area contributed by atoms with E-state index in [1.165, 1.54) is 26.5 Å². The maximum absolute atomic E-state index is 11.4. The predicted octanol–water partition coefficient (Wildman–Crippen LogP) is 1.06. The molecule has 0 aliphatic rings. The van der Waals surface area contributed by atoms with Gasteiger partial charge >= 0.3 is 10.2 Å². The second kappa shape index (κ2) is 4.24. The Morgan fingerprint density at radius 1 is 1.50 bits per heavy atom. The largest absolute Gasteiger partial charge is 0.301 e. The molecular weight excluding hydrogens is 270 g/mol. The first kappa shape index (κ1) is 11.4. The van der Waals surface area contributed by atoms with Crippen LogP contribution in [0.3, 0.4) is 0 Å². The molecular formula is C7H10BrN3O2S. The highest BCUT2D eigenvalue weighted by Crippen LogP contribution is 2.21. The molecule has 78 valence electrons. The number of rotatable bonds is 3. The molecule has 0 radical (unpaired) electrons. The summed E-state index contributed by atoms with van der Waals surface area (Å²) in [5, 5.41) is 0. The smallest absolute Gasteiger partial charge is 0.270 e. The molecule has 0 spiro atoms. The van der Waals surface area contributed by atoms with Crippen LogP contribution >= 0.6 is 15.9 Å². The summed E-state index contributed by atoms with van der Waals surface area (Å²) in [6.07, 6.45) is 3.03. The molecule has 1 aromatic rings. The number of aromatic nitrogens is 1. The maximum atomic E-state index is 11.4. The summed E-state index contributed by atoms with van der Waals surface area (Å²) in [7, 11) is -0.537. The summed E-state index contributed by atoms with van der Waals surface area (Å²) in [6.45, 7) is 0. The van der Waals surface area contributed by atoms with Gasteiger partial charge in [0.05, 0.1) is 10.2 Å². The van der Waals surface area contributed by atoms with Gasteiger partial charge in [-0.3, -0.25) is 9.71 Å². The number of halogens is 1. The van der Waals surface area contributed by atoms with Crippen LogP contribution in [0.1, 0.15) is 0 Å². The van der Waals surface area contributed by atoms with Gasteiger partial charge in [0.15, 0.2) is 0 Å². The van der Waals surface area contributed by atoms with Crippen LogP contribution in [0.25, 0.3) is 0 Å². The minimum absolute atomic E-state index is 0.466. The van der Waals surface area contributed by atoms with E-state index in [0.29, 0.717) is 10.2 Å². The number of pyridine rings is 1. The number of hydrogen-bond donors (Lipinski definition) is 1. The summed E-state index contributed by atoms with van der Waals surface area (Å²) >= 11 is 3.19. The van der Waals surface area contributed by atoms with Gasteiger partial charge in [-0.2, -0.15) is 12.7 Å². The predicted molar refractivity (Wildman–Crippen MR) is 58.2 cm³/mol. The van der Waals surface area contributed by atoms with Crippen molar-refractivity contribution in [2.45, 2.75) is 0 Å². The van der Waals surface area contributed by atoms with E-state index in [4.69, 9.17) is 0 Å². The van der Waals surface area contributed by atoms with Crippen molar-refractivity contribution in [1.82, 2.24) is 9.29 Å². The lowest BCUT2D eigenvalue weighted by atomic mass is 10.4. The Labute approximate surface area is 91.5 Å². The summed E-state index contributed by atoms with van der Waals surface area (Å²) in [5.41, 5.74) is 0.466. The number of nitrogens with zero attached hydrogens (tertiary/aromatic N) is 2. The van der Waals surface area contributed by atoms with Gasteiger partial charge in [-0.05, 0) is 22.0 Å². The standard InChI is InChI=1S/C7H10BrN3O2S/c1-11(2)14(12,13)10-7-3-4-9-5-6(7)8/h3-5H,1-2H3,(H,9,10). The van der Waals surface area contributed by atoms with Crippen molar-refractivity contribution < 1.29 is 8.42 Å². The highest BCUT2D eigenvalue weighted by Gasteiger charge is 2.14. The summed E-state index contributed by atoms with van der Waals surface area (Å²) in [5.74, 6) is 0. The molecule has 0 aliphatic carbocycles. The molecule has 0 aromatic carbocycles. The molecule has 1 aromatic heterocycles. The molecule has 0 amide bonds. The van der Waals surface area contributed by atoms with E-state index in [0.717, 1.165) is 4.31 Å². The first-order valence-corrected chi connectivity index (χ1v) is 5.96. The van der Waals surface area contributed by atoms with Crippen LogP contribution in [0, 0.1) is 0 Å². The number of nitrogens with one attached hydrogen (secondary N) is 1. The van der Waals surface area contributed by atoms with Gasteiger partial charge in [-0.15, -0.1) is 0 Å². The topological polar surface area (TPSA) is 62.3 Å². The van der Waals surface area contributed by atoms with E-state index in [9.17, 15) is 8.42 Å². The minimum Gasteiger partial charge on any atom is -0.270 e. The first-order valence-electron chi connectivity index (χ1n) is 3.73. The second-order valence-electron chi connectivity index (χ2n) is 2.75. The lowest BCUT2D eigenvalue weighted by Gasteiger charge is -2.13. The average molecular weight is 280 g/mol. The fourth-order valence-electron chi connectivity index (χ4n) is 0.688. The van der Waals surface area contributed by atoms with Gasteiger partial charge in [-0.25, -0.2) is 0 Å². The third-order valence-electron chi connectivity index (χ3n) is 1.49. The molecule has 0 fully saturated rings. The molecule has 14 heavy (non-hydrogen) atoms. The molecule has 1 N–H and O–H groups in total. The van der Waals surface area contributed by atoms with Crippen LogP contribution < -0.4 is 4.72 Å². The Bertz CT molecular complexity index is 419. The molecule has 7 heteroatoms. The van der Waals surface area contributed by atoms with Crippen LogP contribution in [0.5, 0.6) is 0 Å². The van der Waals surface area contributed by atoms with Crippen molar-refractivity contribution in [2.75, 3.05) is 18.8 Å². The normalized spacial score (nSPS) is 11.7. The van der Waals surface area contributed by atoms with Crippen LogP contribution in [0.15, 0.2) is 22.9 Å². The molecule has 1 rings (SSSR count). The monoisotopic (exact) mass is 279 g/mol. The van der Waals surface area contributed by atoms with E-state index in [1.54, 1.807) is 6.07 Å². The van der Waals surface area contributed by atoms with Crippen LogP contribution in [0.2, 0.25) is 0 Å². The van der Waals surface area contributed by atoms with E-state index < -0.39 is 10.2 Å². The Morgan fingerprint density at radius 3 is 2.64 bits per heavy atom. The highest BCUT2D eigenvalue weighted by atomic mass is 79.9. The molecule has 0 atom stereocenters. The minimum atomic E-state index is -3.45. The van der Waals surface area contributed by atoms with Crippen LogP contribution in [0.4, 0.5) is 5.69 Å². The zero-order valence-corrected chi connectivity index (χ0v) is 10.1. The van der Waals surface area contributed by atoms with Gasteiger partial charge in [0.1, 0.15) is 0 Å². The summed E-state index contributed by atoms with van der Waals surface area (Å²) in [6, 6.07) is 1.57. The zero-order chi connectivity index (χ0) is 10.8. The van der Waals surface area contributed by atoms with Gasteiger partial charge < -0.3 is 0 Å². The molecule has 0 saturated heterocycles. The summed E-state index contributed by atoms with van der Waals surface area (Å²) < 4.78 is 26.9. The number of hydrogen-bond acceptors (Lipinski definition) is 3. The van der Waals surface area contributed by atoms with Gasteiger partial charge in [0, 0.05) is 26.5 Å². The van der Waals surface area contributed by atoms with Crippen molar-refractivity contribution in [3.63, 3.8) is 0 Å². The van der Waals surface area contributed by atoms with E-state index in [-0.39, 0.29) is 0 Å². The van der Waals surface area contributed by atoms with Gasteiger partial charge in [-0.1, -0.05) is 0 Å². The van der Waals surface area contributed by atoms with Crippen molar-refractivity contribution >= 4 is 31.8 Å². The Morgan fingerprint density at radius 2 is 2.14 bits per heavy atom. The molecule has 0 saturated carbocycles.